The Morgan fingerprint density at radius 3 is 1.89 bits per heavy atom. The Labute approximate surface area is 217 Å². The number of benzene rings is 3. The molecule has 3 heteroatoms. The van der Waals surface area contributed by atoms with Crippen molar-refractivity contribution >= 4 is 11.1 Å². The molecule has 1 aliphatic carbocycles. The molecule has 0 bridgehead atoms. The number of hydrogen-bond donors (Lipinski definition) is 2. The molecule has 0 atom stereocenters. The van der Waals surface area contributed by atoms with Gasteiger partial charge in [0.2, 0.25) is 0 Å². The van der Waals surface area contributed by atoms with Crippen LogP contribution in [0.2, 0.25) is 0 Å². The van der Waals surface area contributed by atoms with Gasteiger partial charge in [0.1, 0.15) is 5.75 Å². The third-order valence-corrected chi connectivity index (χ3v) is 7.43. The average molecular weight is 484 g/mol. The van der Waals surface area contributed by atoms with Gasteiger partial charge in [0.25, 0.3) is 0 Å². The molecule has 1 saturated carbocycles. The molecule has 5 rings (SSSR count). The zero-order valence-electron chi connectivity index (χ0n) is 21.9. The normalized spacial score (nSPS) is 17.2. The second-order valence-electron chi connectivity index (χ2n) is 9.76. The molecule has 0 aromatic heterocycles. The first-order valence-electron chi connectivity index (χ1n) is 13.8. The lowest BCUT2D eigenvalue weighted by Gasteiger charge is -2.32. The number of phenols is 1. The lowest BCUT2D eigenvalue weighted by atomic mass is 9.85. The Morgan fingerprint density at radius 1 is 0.750 bits per heavy atom. The lowest BCUT2D eigenvalue weighted by Crippen LogP contribution is -2.34. The van der Waals surface area contributed by atoms with E-state index in [1.165, 1.54) is 66.6 Å². The Balaban J connectivity index is 0.00000148. The molecule has 190 valence electrons. The third kappa shape index (κ3) is 6.46. The van der Waals surface area contributed by atoms with Gasteiger partial charge in [-0.1, -0.05) is 80.6 Å². The van der Waals surface area contributed by atoms with Crippen LogP contribution in [0.4, 0.5) is 0 Å². The maximum absolute atomic E-state index is 9.89. The van der Waals surface area contributed by atoms with Gasteiger partial charge in [-0.2, -0.15) is 0 Å². The summed E-state index contributed by atoms with van der Waals surface area (Å²) in [5.41, 5.74) is 7.29. The third-order valence-electron chi connectivity index (χ3n) is 7.43. The fourth-order valence-corrected chi connectivity index (χ4v) is 5.41. The number of aliphatic hydroxyl groups is 1. The minimum atomic E-state index is 0.164. The minimum Gasteiger partial charge on any atom is -0.508 e. The van der Waals surface area contributed by atoms with Gasteiger partial charge in [-0.05, 0) is 103 Å². The van der Waals surface area contributed by atoms with Gasteiger partial charge in [0, 0.05) is 12.6 Å². The van der Waals surface area contributed by atoms with E-state index in [0.29, 0.717) is 12.3 Å². The fourth-order valence-electron chi connectivity index (χ4n) is 5.41. The zero-order chi connectivity index (χ0) is 25.3. The maximum Gasteiger partial charge on any atom is 0.115 e. The Bertz CT molecular complexity index is 1090. The summed E-state index contributed by atoms with van der Waals surface area (Å²) in [4.78, 5) is 2.68. The number of hydrogen-bond acceptors (Lipinski definition) is 3. The van der Waals surface area contributed by atoms with Gasteiger partial charge in [-0.15, -0.1) is 0 Å². The van der Waals surface area contributed by atoms with Crippen LogP contribution in [0.25, 0.3) is 11.1 Å². The summed E-state index contributed by atoms with van der Waals surface area (Å²) >= 11 is 0. The molecule has 0 spiro atoms. The van der Waals surface area contributed by atoms with Gasteiger partial charge in [-0.25, -0.2) is 0 Å². The van der Waals surface area contributed by atoms with Gasteiger partial charge >= 0.3 is 0 Å². The number of nitrogens with zero attached hydrogens (tertiary/aromatic N) is 1. The van der Waals surface area contributed by atoms with E-state index in [-0.39, 0.29) is 12.4 Å². The van der Waals surface area contributed by atoms with Crippen LogP contribution in [0, 0.1) is 0 Å². The largest absolute Gasteiger partial charge is 0.508 e. The zero-order valence-corrected chi connectivity index (χ0v) is 21.9. The highest BCUT2D eigenvalue weighted by atomic mass is 16.3. The highest BCUT2D eigenvalue weighted by Gasteiger charge is 2.32. The summed E-state index contributed by atoms with van der Waals surface area (Å²) in [6.07, 6.45) is 6.80. The number of rotatable bonds is 8. The van der Waals surface area contributed by atoms with Crippen LogP contribution in [-0.2, 0) is 0 Å². The monoisotopic (exact) mass is 483 g/mol. The molecule has 2 fully saturated rings. The number of aromatic hydroxyl groups is 1. The molecule has 2 aliphatic rings. The van der Waals surface area contributed by atoms with E-state index < -0.39 is 0 Å². The summed E-state index contributed by atoms with van der Waals surface area (Å²) in [6, 6.07) is 28.0. The second-order valence-corrected chi connectivity index (χ2v) is 9.76. The van der Waals surface area contributed by atoms with Crippen LogP contribution in [-0.4, -0.2) is 40.9 Å². The van der Waals surface area contributed by atoms with Crippen molar-refractivity contribution in [3.63, 3.8) is 0 Å². The van der Waals surface area contributed by atoms with Crippen molar-refractivity contribution in [3.8, 4) is 5.75 Å². The standard InChI is InChI=1S/C31H35NO2.C2H6/c33-22-4-7-30(25-5-2-1-3-6-25)31(27-12-16-29(34)17-13-27)26-10-8-23(9-11-26)24-18-20-32(21-19-24)28-14-15-28;1-2/h1-3,5-6,8-13,16-17,24,28,33-34H,4,7,14-15,18-22H2;1-2H3/b31-30+;. The van der Waals surface area contributed by atoms with Crippen molar-refractivity contribution in [1.29, 1.82) is 0 Å². The molecule has 3 nitrogen and oxygen atoms in total. The smallest absolute Gasteiger partial charge is 0.115 e. The number of aliphatic hydroxyl groups excluding tert-OH is 1. The van der Waals surface area contributed by atoms with Crippen LogP contribution in [0.1, 0.15) is 80.5 Å². The second kappa shape index (κ2) is 12.9. The number of piperidine rings is 1. The number of allylic oxidation sites excluding steroid dienone is 1. The summed E-state index contributed by atoms with van der Waals surface area (Å²) in [5.74, 6) is 0.917. The van der Waals surface area contributed by atoms with Crippen molar-refractivity contribution < 1.29 is 10.2 Å². The van der Waals surface area contributed by atoms with E-state index in [2.05, 4.69) is 53.4 Å². The Hall–Kier alpha value is -2.88. The van der Waals surface area contributed by atoms with Gasteiger partial charge in [-0.3, -0.25) is 0 Å². The molecule has 3 aromatic carbocycles. The Morgan fingerprint density at radius 2 is 1.33 bits per heavy atom. The van der Waals surface area contributed by atoms with Gasteiger partial charge in [0.05, 0.1) is 0 Å². The molecular weight excluding hydrogens is 442 g/mol. The predicted octanol–water partition coefficient (Wildman–Crippen LogP) is 7.49. The van der Waals surface area contributed by atoms with Crippen LogP contribution in [0.15, 0.2) is 78.9 Å². The van der Waals surface area contributed by atoms with Gasteiger partial charge in [0.15, 0.2) is 0 Å². The predicted molar refractivity (Wildman–Crippen MR) is 151 cm³/mol. The van der Waals surface area contributed by atoms with Crippen molar-refractivity contribution in [2.24, 2.45) is 0 Å². The Kier molecular flexibility index (Phi) is 9.38. The quantitative estimate of drug-likeness (QED) is 0.326. The average Bonchev–Trinajstić information content (AvgIpc) is 3.80. The first-order chi connectivity index (χ1) is 17.7. The van der Waals surface area contributed by atoms with Crippen molar-refractivity contribution in [1.82, 2.24) is 4.90 Å². The van der Waals surface area contributed by atoms with E-state index in [4.69, 9.17) is 0 Å². The van der Waals surface area contributed by atoms with Crippen LogP contribution >= 0.6 is 0 Å². The van der Waals surface area contributed by atoms with E-state index in [9.17, 15) is 10.2 Å². The molecule has 2 N–H and O–H groups in total. The SMILES string of the molecule is CC.OCCC/C(=C(\c1ccc(O)cc1)c1ccc(C2CCN(C3CC3)CC2)cc1)c1ccccc1. The first-order valence-corrected chi connectivity index (χ1v) is 13.8. The van der Waals surface area contributed by atoms with E-state index in [0.717, 1.165) is 18.0 Å². The summed E-state index contributed by atoms with van der Waals surface area (Å²) < 4.78 is 0. The molecular formula is C33H41NO2. The molecule has 0 amide bonds. The fraction of sp³-hybridized carbons (Fsp3) is 0.394. The van der Waals surface area contributed by atoms with E-state index >= 15 is 0 Å². The highest BCUT2D eigenvalue weighted by molar-refractivity contribution is 5.98. The minimum absolute atomic E-state index is 0.164. The summed E-state index contributed by atoms with van der Waals surface area (Å²) in [7, 11) is 0. The molecule has 3 aromatic rings. The molecule has 1 saturated heterocycles. The molecule has 1 aliphatic heterocycles. The first kappa shape index (κ1) is 26.2. The van der Waals surface area contributed by atoms with Crippen LogP contribution in [0.5, 0.6) is 5.75 Å². The van der Waals surface area contributed by atoms with Crippen molar-refractivity contribution in [2.75, 3.05) is 19.7 Å². The number of phenolic OH excluding ortho intramolecular Hbond substituents is 1. The summed E-state index contributed by atoms with van der Waals surface area (Å²) in [6.45, 7) is 6.63. The van der Waals surface area contributed by atoms with Crippen LogP contribution < -0.4 is 0 Å². The van der Waals surface area contributed by atoms with Crippen molar-refractivity contribution in [2.45, 2.75) is 64.3 Å². The van der Waals surface area contributed by atoms with Gasteiger partial charge < -0.3 is 15.1 Å². The van der Waals surface area contributed by atoms with E-state index in [1.807, 2.05) is 32.0 Å². The van der Waals surface area contributed by atoms with E-state index in [1.54, 1.807) is 12.1 Å². The lowest BCUT2D eigenvalue weighted by molar-refractivity contribution is 0.203. The molecule has 0 unspecified atom stereocenters. The number of likely N-dealkylation sites (tertiary alicyclic amines) is 1. The van der Waals surface area contributed by atoms with Crippen molar-refractivity contribution in [3.05, 3.63) is 101 Å². The molecule has 0 radical (unpaired) electrons. The summed E-state index contributed by atoms with van der Waals surface area (Å²) in [5, 5.41) is 19.5. The molecule has 1 heterocycles. The maximum atomic E-state index is 9.89. The van der Waals surface area contributed by atoms with Crippen LogP contribution in [0.3, 0.4) is 0 Å². The molecule has 36 heavy (non-hydrogen) atoms. The topological polar surface area (TPSA) is 43.7 Å². The highest BCUT2D eigenvalue weighted by Crippen LogP contribution is 2.38.